The Hall–Kier alpha value is -0.550. The summed E-state index contributed by atoms with van der Waals surface area (Å²) in [6.45, 7) is 3.17. The lowest BCUT2D eigenvalue weighted by Gasteiger charge is -2.17. The van der Waals surface area contributed by atoms with Crippen molar-refractivity contribution < 1.29 is 4.52 Å². The van der Waals surface area contributed by atoms with Crippen molar-refractivity contribution in [3.63, 3.8) is 0 Å². The van der Waals surface area contributed by atoms with Crippen LogP contribution in [0, 0.1) is 5.92 Å². The molecule has 1 saturated heterocycles. The second-order valence-corrected chi connectivity index (χ2v) is 6.92. The number of thioether (sulfide) groups is 1. The van der Waals surface area contributed by atoms with Crippen molar-refractivity contribution in [1.82, 2.24) is 15.5 Å². The minimum atomic E-state index is 0.463. The van der Waals surface area contributed by atoms with Crippen LogP contribution in [0.15, 0.2) is 4.52 Å². The molecule has 3 rings (SSSR count). The van der Waals surface area contributed by atoms with Gasteiger partial charge in [0.05, 0.1) is 5.25 Å². The zero-order chi connectivity index (χ0) is 13.1. The third-order valence-electron chi connectivity index (χ3n) is 4.00. The van der Waals surface area contributed by atoms with Crippen LogP contribution in [0.4, 0.5) is 0 Å². The highest BCUT2D eigenvalue weighted by Gasteiger charge is 2.32. The summed E-state index contributed by atoms with van der Waals surface area (Å²) in [5, 5.41) is 8.21. The molecule has 4 nitrogen and oxygen atoms in total. The van der Waals surface area contributed by atoms with Crippen LogP contribution >= 0.6 is 11.8 Å². The van der Waals surface area contributed by atoms with E-state index in [1.807, 2.05) is 11.8 Å². The normalized spacial score (nSPS) is 25.4. The average Bonchev–Trinajstić information content (AvgIpc) is 3.19. The Balaban J connectivity index is 1.60. The van der Waals surface area contributed by atoms with Gasteiger partial charge in [-0.25, -0.2) is 0 Å². The minimum Gasteiger partial charge on any atom is -0.339 e. The number of hydrogen-bond acceptors (Lipinski definition) is 5. The molecule has 0 spiro atoms. The standard InChI is InChI=1S/C14H23N3OS/c1-2-15-11(10-6-7-10)9-13-16-14(17-18-13)12-5-3-4-8-19-12/h10-12,15H,2-9H2,1H3. The maximum atomic E-state index is 5.46. The van der Waals surface area contributed by atoms with Crippen LogP contribution in [0.5, 0.6) is 0 Å². The second kappa shape index (κ2) is 6.27. The van der Waals surface area contributed by atoms with Crippen LogP contribution in [0.3, 0.4) is 0 Å². The van der Waals surface area contributed by atoms with Gasteiger partial charge in [-0.2, -0.15) is 16.7 Å². The second-order valence-electron chi connectivity index (χ2n) is 5.61. The summed E-state index contributed by atoms with van der Waals surface area (Å²) in [6.07, 6.45) is 7.40. The third kappa shape index (κ3) is 3.51. The molecule has 2 atom stereocenters. The number of nitrogens with one attached hydrogen (secondary N) is 1. The van der Waals surface area contributed by atoms with E-state index in [4.69, 9.17) is 4.52 Å². The van der Waals surface area contributed by atoms with Gasteiger partial charge in [-0.15, -0.1) is 0 Å². The summed E-state index contributed by atoms with van der Waals surface area (Å²) in [4.78, 5) is 4.63. The molecule has 1 aliphatic heterocycles. The SMILES string of the molecule is CCNC(Cc1nc(C2CCCCS2)no1)C1CC1. The van der Waals surface area contributed by atoms with Crippen molar-refractivity contribution in [3.8, 4) is 0 Å². The number of aromatic nitrogens is 2. The maximum Gasteiger partial charge on any atom is 0.228 e. The molecule has 1 saturated carbocycles. The smallest absolute Gasteiger partial charge is 0.228 e. The van der Waals surface area contributed by atoms with Gasteiger partial charge in [-0.3, -0.25) is 0 Å². The molecule has 2 aliphatic rings. The first-order chi connectivity index (χ1) is 9.36. The van der Waals surface area contributed by atoms with Crippen LogP contribution in [-0.2, 0) is 6.42 Å². The van der Waals surface area contributed by atoms with Gasteiger partial charge in [0.25, 0.3) is 0 Å². The summed E-state index contributed by atoms with van der Waals surface area (Å²) in [7, 11) is 0. The summed E-state index contributed by atoms with van der Waals surface area (Å²) in [5.74, 6) is 3.79. The minimum absolute atomic E-state index is 0.463. The van der Waals surface area contributed by atoms with E-state index < -0.39 is 0 Å². The summed E-state index contributed by atoms with van der Waals surface area (Å²) in [5.41, 5.74) is 0. The fourth-order valence-corrected chi connectivity index (χ4v) is 4.01. The quantitative estimate of drug-likeness (QED) is 0.869. The molecule has 0 radical (unpaired) electrons. The molecule has 0 amide bonds. The Morgan fingerprint density at radius 3 is 2.95 bits per heavy atom. The zero-order valence-corrected chi connectivity index (χ0v) is 12.4. The highest BCUT2D eigenvalue weighted by Crippen LogP contribution is 2.37. The van der Waals surface area contributed by atoms with E-state index in [0.717, 1.165) is 30.6 Å². The van der Waals surface area contributed by atoms with Crippen LogP contribution in [-0.4, -0.2) is 28.5 Å². The largest absolute Gasteiger partial charge is 0.339 e. The Kier molecular flexibility index (Phi) is 4.43. The van der Waals surface area contributed by atoms with E-state index in [1.165, 1.54) is 37.9 Å². The van der Waals surface area contributed by atoms with Crippen LogP contribution in [0.2, 0.25) is 0 Å². The van der Waals surface area contributed by atoms with E-state index in [1.54, 1.807) is 0 Å². The lowest BCUT2D eigenvalue weighted by atomic mass is 10.1. The molecule has 2 fully saturated rings. The highest BCUT2D eigenvalue weighted by atomic mass is 32.2. The van der Waals surface area contributed by atoms with Gasteiger partial charge in [0, 0.05) is 12.5 Å². The van der Waals surface area contributed by atoms with Crippen molar-refractivity contribution in [2.24, 2.45) is 5.92 Å². The Morgan fingerprint density at radius 1 is 1.37 bits per heavy atom. The number of likely N-dealkylation sites (N-methyl/N-ethyl adjacent to an activating group) is 1. The Labute approximate surface area is 119 Å². The van der Waals surface area contributed by atoms with Gasteiger partial charge in [0.1, 0.15) is 0 Å². The molecule has 2 heterocycles. The lowest BCUT2D eigenvalue weighted by Crippen LogP contribution is -2.33. The lowest BCUT2D eigenvalue weighted by molar-refractivity contribution is 0.344. The highest BCUT2D eigenvalue weighted by molar-refractivity contribution is 7.99. The molecular formula is C14H23N3OS. The van der Waals surface area contributed by atoms with Crippen molar-refractivity contribution >= 4 is 11.8 Å². The van der Waals surface area contributed by atoms with Crippen LogP contribution < -0.4 is 5.32 Å². The van der Waals surface area contributed by atoms with E-state index >= 15 is 0 Å². The van der Waals surface area contributed by atoms with E-state index in [0.29, 0.717) is 11.3 Å². The van der Waals surface area contributed by atoms with Gasteiger partial charge >= 0.3 is 0 Å². The molecule has 19 heavy (non-hydrogen) atoms. The van der Waals surface area contributed by atoms with E-state index in [-0.39, 0.29) is 0 Å². The Morgan fingerprint density at radius 2 is 2.26 bits per heavy atom. The Bertz CT molecular complexity index is 399. The molecule has 0 aromatic carbocycles. The molecule has 1 aromatic heterocycles. The molecule has 106 valence electrons. The summed E-state index contributed by atoms with van der Waals surface area (Å²) < 4.78 is 5.46. The number of hydrogen-bond donors (Lipinski definition) is 1. The molecule has 1 aliphatic carbocycles. The van der Waals surface area contributed by atoms with Gasteiger partial charge in [-0.1, -0.05) is 18.5 Å². The predicted octanol–water partition coefficient (Wildman–Crippen LogP) is 2.96. The molecule has 2 unspecified atom stereocenters. The number of nitrogens with zero attached hydrogens (tertiary/aromatic N) is 2. The topological polar surface area (TPSA) is 51.0 Å². The van der Waals surface area contributed by atoms with Gasteiger partial charge in [0.15, 0.2) is 5.82 Å². The first-order valence-corrected chi connectivity index (χ1v) is 8.59. The number of rotatable bonds is 6. The van der Waals surface area contributed by atoms with Crippen molar-refractivity contribution in [1.29, 1.82) is 0 Å². The van der Waals surface area contributed by atoms with Crippen molar-refractivity contribution in [2.75, 3.05) is 12.3 Å². The molecule has 5 heteroatoms. The van der Waals surface area contributed by atoms with Crippen LogP contribution in [0.25, 0.3) is 0 Å². The third-order valence-corrected chi connectivity index (χ3v) is 5.38. The zero-order valence-electron chi connectivity index (χ0n) is 11.6. The molecule has 1 N–H and O–H groups in total. The van der Waals surface area contributed by atoms with E-state index in [9.17, 15) is 0 Å². The summed E-state index contributed by atoms with van der Waals surface area (Å²) >= 11 is 1.98. The average molecular weight is 281 g/mol. The van der Waals surface area contributed by atoms with Gasteiger partial charge < -0.3 is 9.84 Å². The maximum absolute atomic E-state index is 5.46. The first kappa shape index (κ1) is 13.4. The fraction of sp³-hybridized carbons (Fsp3) is 0.857. The fourth-order valence-electron chi connectivity index (χ4n) is 2.78. The van der Waals surface area contributed by atoms with E-state index in [2.05, 4.69) is 22.4 Å². The summed E-state index contributed by atoms with van der Waals surface area (Å²) in [6, 6.07) is 0.525. The first-order valence-electron chi connectivity index (χ1n) is 7.54. The van der Waals surface area contributed by atoms with Crippen molar-refractivity contribution in [3.05, 3.63) is 11.7 Å². The van der Waals surface area contributed by atoms with Gasteiger partial charge in [-0.05, 0) is 43.9 Å². The molecular weight excluding hydrogens is 258 g/mol. The molecule has 0 bridgehead atoms. The predicted molar refractivity (Wildman–Crippen MR) is 77.2 cm³/mol. The van der Waals surface area contributed by atoms with Gasteiger partial charge in [0.2, 0.25) is 5.89 Å². The van der Waals surface area contributed by atoms with Crippen molar-refractivity contribution in [2.45, 2.75) is 56.7 Å². The molecule has 1 aromatic rings. The van der Waals surface area contributed by atoms with Crippen LogP contribution in [0.1, 0.15) is 56.0 Å². The monoisotopic (exact) mass is 281 g/mol.